The summed E-state index contributed by atoms with van der Waals surface area (Å²) in [5.74, 6) is -0.308. The van der Waals surface area contributed by atoms with Crippen LogP contribution in [0.2, 0.25) is 0 Å². The van der Waals surface area contributed by atoms with Crippen molar-refractivity contribution in [2.45, 2.75) is 50.8 Å². The Morgan fingerprint density at radius 3 is 2.24 bits per heavy atom. The number of nitrogens with zero attached hydrogens (tertiary/aromatic N) is 1. The summed E-state index contributed by atoms with van der Waals surface area (Å²) in [6.45, 7) is 0.400. The van der Waals surface area contributed by atoms with Crippen molar-refractivity contribution in [3.63, 3.8) is 0 Å². The van der Waals surface area contributed by atoms with Gasteiger partial charge in [0.25, 0.3) is 0 Å². The maximum atomic E-state index is 13.0. The van der Waals surface area contributed by atoms with Crippen molar-refractivity contribution < 1.29 is 27.8 Å². The van der Waals surface area contributed by atoms with E-state index in [9.17, 15) is 23.1 Å². The highest BCUT2D eigenvalue weighted by Gasteiger charge is 2.30. The molecule has 0 amide bonds. The van der Waals surface area contributed by atoms with Crippen LogP contribution in [0.4, 0.5) is 13.2 Å². The molecule has 38 heavy (non-hydrogen) atoms. The van der Waals surface area contributed by atoms with Gasteiger partial charge in [0.15, 0.2) is 0 Å². The van der Waals surface area contributed by atoms with E-state index in [1.54, 1.807) is 10.6 Å². The fraction of sp³-hybridized carbons (Fsp3) is 0.300. The standard InChI is InChI=1S/C30H29F3N2O3/c31-30(32,33)21-10-7-19(8-11-21)20-9-16-27-26(18-20)25(6-3-17-34)28(29(36)37)35(27)22-12-14-24(15-13-22)38-23-4-1-2-5-23/h7-16,18,23H,1-6,17,34H2,(H,36,37). The Morgan fingerprint density at radius 2 is 1.63 bits per heavy atom. The summed E-state index contributed by atoms with van der Waals surface area (Å²) in [5, 5.41) is 11.0. The highest BCUT2D eigenvalue weighted by Crippen LogP contribution is 2.36. The number of hydrogen-bond acceptors (Lipinski definition) is 3. The van der Waals surface area contributed by atoms with Crippen LogP contribution in [0.5, 0.6) is 5.75 Å². The molecule has 5 nitrogen and oxygen atoms in total. The molecule has 8 heteroatoms. The minimum Gasteiger partial charge on any atom is -0.490 e. The van der Waals surface area contributed by atoms with Gasteiger partial charge in [-0.15, -0.1) is 0 Å². The Balaban J connectivity index is 1.59. The van der Waals surface area contributed by atoms with E-state index in [-0.39, 0.29) is 11.8 Å². The summed E-state index contributed by atoms with van der Waals surface area (Å²) in [6.07, 6.45) is 1.27. The number of ether oxygens (including phenoxy) is 1. The van der Waals surface area contributed by atoms with Crippen molar-refractivity contribution in [2.24, 2.45) is 5.73 Å². The molecule has 0 saturated heterocycles. The number of hydrogen-bond donors (Lipinski definition) is 2. The number of aromatic carboxylic acids is 1. The Bertz CT molecular complexity index is 1440. The first-order chi connectivity index (χ1) is 18.3. The van der Waals surface area contributed by atoms with Gasteiger partial charge in [-0.25, -0.2) is 4.79 Å². The van der Waals surface area contributed by atoms with Crippen molar-refractivity contribution in [2.75, 3.05) is 6.54 Å². The Morgan fingerprint density at radius 1 is 0.974 bits per heavy atom. The number of benzene rings is 3. The molecule has 0 atom stereocenters. The molecule has 1 aliphatic carbocycles. The van der Waals surface area contributed by atoms with Crippen LogP contribution in [0, 0.1) is 0 Å². The average Bonchev–Trinajstić information content (AvgIpc) is 3.53. The fourth-order valence-electron chi connectivity index (χ4n) is 5.28. The monoisotopic (exact) mass is 522 g/mol. The molecule has 0 aliphatic heterocycles. The second-order valence-corrected chi connectivity index (χ2v) is 9.69. The van der Waals surface area contributed by atoms with Crippen LogP contribution in [0.25, 0.3) is 27.7 Å². The lowest BCUT2D eigenvalue weighted by Gasteiger charge is -2.14. The molecule has 3 aromatic carbocycles. The van der Waals surface area contributed by atoms with E-state index in [1.807, 2.05) is 36.4 Å². The number of aromatic nitrogens is 1. The molecule has 5 rings (SSSR count). The van der Waals surface area contributed by atoms with Gasteiger partial charge in [0.1, 0.15) is 11.4 Å². The zero-order valence-electron chi connectivity index (χ0n) is 20.8. The Hall–Kier alpha value is -3.78. The number of alkyl halides is 3. The van der Waals surface area contributed by atoms with Gasteiger partial charge in [-0.2, -0.15) is 13.2 Å². The molecule has 1 aliphatic rings. The molecule has 198 valence electrons. The number of fused-ring (bicyclic) bond motifs is 1. The fourth-order valence-corrected chi connectivity index (χ4v) is 5.28. The maximum Gasteiger partial charge on any atom is 0.416 e. The van der Waals surface area contributed by atoms with Gasteiger partial charge in [-0.3, -0.25) is 0 Å². The van der Waals surface area contributed by atoms with Gasteiger partial charge < -0.3 is 20.1 Å². The third-order valence-electron chi connectivity index (χ3n) is 7.15. The summed E-state index contributed by atoms with van der Waals surface area (Å²) in [5.41, 5.74) is 8.56. The van der Waals surface area contributed by atoms with Crippen LogP contribution in [0.15, 0.2) is 66.7 Å². The molecule has 0 bridgehead atoms. The van der Waals surface area contributed by atoms with Crippen molar-refractivity contribution in [1.82, 2.24) is 4.57 Å². The zero-order valence-corrected chi connectivity index (χ0v) is 20.8. The maximum absolute atomic E-state index is 13.0. The number of carboxylic acid groups (broad SMARTS) is 1. The molecule has 4 aromatic rings. The lowest BCUT2D eigenvalue weighted by molar-refractivity contribution is -0.137. The van der Waals surface area contributed by atoms with Crippen LogP contribution >= 0.6 is 0 Å². The number of carboxylic acids is 1. The molecule has 1 aromatic heterocycles. The zero-order chi connectivity index (χ0) is 26.9. The Labute approximate surface area is 218 Å². The highest BCUT2D eigenvalue weighted by molar-refractivity contribution is 6.01. The van der Waals surface area contributed by atoms with Crippen LogP contribution < -0.4 is 10.5 Å². The van der Waals surface area contributed by atoms with E-state index in [2.05, 4.69) is 0 Å². The van der Waals surface area contributed by atoms with Gasteiger partial charge in [0.05, 0.1) is 17.2 Å². The van der Waals surface area contributed by atoms with Crippen molar-refractivity contribution in [1.29, 1.82) is 0 Å². The molecular weight excluding hydrogens is 493 g/mol. The van der Waals surface area contributed by atoms with Crippen molar-refractivity contribution >= 4 is 16.9 Å². The van der Waals surface area contributed by atoms with Gasteiger partial charge in [0, 0.05) is 11.1 Å². The van der Waals surface area contributed by atoms with Crippen LogP contribution in [0.3, 0.4) is 0 Å². The molecule has 0 spiro atoms. The normalized spacial score (nSPS) is 14.3. The second kappa shape index (κ2) is 10.5. The summed E-state index contributed by atoms with van der Waals surface area (Å²) in [6, 6.07) is 17.9. The third kappa shape index (κ3) is 5.13. The third-order valence-corrected chi connectivity index (χ3v) is 7.15. The quantitative estimate of drug-likeness (QED) is 0.256. The molecule has 1 heterocycles. The van der Waals surface area contributed by atoms with E-state index in [1.165, 1.54) is 25.0 Å². The number of nitrogens with two attached hydrogens (primary N) is 1. The molecule has 1 fully saturated rings. The average molecular weight is 523 g/mol. The van der Waals surface area contributed by atoms with Gasteiger partial charge in [-0.05, 0) is 110 Å². The van der Waals surface area contributed by atoms with E-state index in [0.717, 1.165) is 36.1 Å². The summed E-state index contributed by atoms with van der Waals surface area (Å²) in [7, 11) is 0. The smallest absolute Gasteiger partial charge is 0.416 e. The number of halogens is 3. The summed E-state index contributed by atoms with van der Waals surface area (Å²) in [4.78, 5) is 12.5. The molecule has 0 radical (unpaired) electrons. The summed E-state index contributed by atoms with van der Waals surface area (Å²) < 4.78 is 46.9. The predicted molar refractivity (Wildman–Crippen MR) is 141 cm³/mol. The van der Waals surface area contributed by atoms with E-state index in [4.69, 9.17) is 10.5 Å². The number of aryl methyl sites for hydroxylation is 1. The van der Waals surface area contributed by atoms with Crippen LogP contribution in [-0.2, 0) is 12.6 Å². The Kier molecular flexibility index (Phi) is 7.17. The van der Waals surface area contributed by atoms with Crippen molar-refractivity contribution in [3.05, 3.63) is 83.6 Å². The predicted octanol–water partition coefficient (Wildman–Crippen LogP) is 7.23. The van der Waals surface area contributed by atoms with Crippen molar-refractivity contribution in [3.8, 4) is 22.6 Å². The highest BCUT2D eigenvalue weighted by atomic mass is 19.4. The van der Waals surface area contributed by atoms with Crippen LogP contribution in [0.1, 0.15) is 53.7 Å². The first-order valence-corrected chi connectivity index (χ1v) is 12.8. The lowest BCUT2D eigenvalue weighted by atomic mass is 9.99. The minimum atomic E-state index is -4.41. The first kappa shape index (κ1) is 25.9. The number of carbonyl (C=O) groups is 1. The van der Waals surface area contributed by atoms with Gasteiger partial charge in [-0.1, -0.05) is 18.2 Å². The SMILES string of the molecule is NCCCc1c(C(=O)O)n(-c2ccc(OC3CCCC3)cc2)c2ccc(-c3ccc(C(F)(F)F)cc3)cc12. The van der Waals surface area contributed by atoms with Crippen LogP contribution in [-0.4, -0.2) is 28.3 Å². The van der Waals surface area contributed by atoms with E-state index in [0.29, 0.717) is 47.3 Å². The first-order valence-electron chi connectivity index (χ1n) is 12.8. The topological polar surface area (TPSA) is 77.5 Å². The van der Waals surface area contributed by atoms with E-state index < -0.39 is 17.7 Å². The lowest BCUT2D eigenvalue weighted by Crippen LogP contribution is -2.11. The summed E-state index contributed by atoms with van der Waals surface area (Å²) >= 11 is 0. The van der Waals surface area contributed by atoms with E-state index >= 15 is 0 Å². The molecule has 3 N–H and O–H groups in total. The van der Waals surface area contributed by atoms with Gasteiger partial charge >= 0.3 is 12.1 Å². The van der Waals surface area contributed by atoms with Gasteiger partial charge in [0.2, 0.25) is 0 Å². The molecule has 0 unspecified atom stereocenters. The molecular formula is C30H29F3N2O3. The largest absolute Gasteiger partial charge is 0.490 e. The minimum absolute atomic E-state index is 0.155. The number of rotatable bonds is 8. The second-order valence-electron chi connectivity index (χ2n) is 9.69. The molecule has 1 saturated carbocycles.